The second kappa shape index (κ2) is 7.91. The maximum atomic E-state index is 12.9. The van der Waals surface area contributed by atoms with Crippen molar-refractivity contribution in [2.45, 2.75) is 17.1 Å². The maximum Gasteiger partial charge on any atom is 0.416 e. The number of nitrogens with zero attached hydrogens (tertiary/aromatic N) is 2. The number of nitrogens with one attached hydrogen (secondary N) is 1. The van der Waals surface area contributed by atoms with Crippen LogP contribution < -0.4 is 5.32 Å². The largest absolute Gasteiger partial charge is 0.416 e. The SMILES string of the molecule is Cl.O=S(=O)(c1ccc(C(F)(F)F)cc1)N1CCNCC1c1cccnc1. The van der Waals surface area contributed by atoms with Crippen molar-refractivity contribution in [2.75, 3.05) is 19.6 Å². The van der Waals surface area contributed by atoms with Gasteiger partial charge in [0.05, 0.1) is 16.5 Å². The maximum absolute atomic E-state index is 12.9. The van der Waals surface area contributed by atoms with Crippen molar-refractivity contribution in [1.29, 1.82) is 0 Å². The number of sulfonamides is 1. The van der Waals surface area contributed by atoms with Crippen LogP contribution in [-0.4, -0.2) is 37.3 Å². The van der Waals surface area contributed by atoms with Crippen LogP contribution in [0.4, 0.5) is 13.2 Å². The van der Waals surface area contributed by atoms with Gasteiger partial charge >= 0.3 is 6.18 Å². The highest BCUT2D eigenvalue weighted by Crippen LogP contribution is 2.32. The molecule has 0 bridgehead atoms. The van der Waals surface area contributed by atoms with Gasteiger partial charge < -0.3 is 5.32 Å². The van der Waals surface area contributed by atoms with Crippen molar-refractivity contribution in [1.82, 2.24) is 14.6 Å². The number of aromatic nitrogens is 1. The van der Waals surface area contributed by atoms with Gasteiger partial charge in [-0.2, -0.15) is 17.5 Å². The Labute approximate surface area is 155 Å². The molecule has 1 atom stereocenters. The van der Waals surface area contributed by atoms with Gasteiger partial charge in [0.15, 0.2) is 0 Å². The molecule has 1 unspecified atom stereocenters. The quantitative estimate of drug-likeness (QED) is 0.849. The second-order valence-corrected chi connectivity index (χ2v) is 7.53. The molecule has 0 saturated carbocycles. The Morgan fingerprint density at radius 3 is 2.42 bits per heavy atom. The molecule has 1 aromatic heterocycles. The van der Waals surface area contributed by atoms with Gasteiger partial charge in [-0.15, -0.1) is 12.4 Å². The standard InChI is InChI=1S/C16H16F3N3O2S.ClH/c17-16(18,19)13-3-5-14(6-4-13)25(23,24)22-9-8-21-11-15(22)12-2-1-7-20-10-12;/h1-7,10,15,21H,8-9,11H2;1H. The molecule has 1 aliphatic rings. The van der Waals surface area contributed by atoms with E-state index in [2.05, 4.69) is 10.3 Å². The van der Waals surface area contributed by atoms with Gasteiger partial charge in [0.25, 0.3) is 0 Å². The minimum absolute atomic E-state index is 0. The molecular formula is C16H17ClF3N3O2S. The summed E-state index contributed by atoms with van der Waals surface area (Å²) in [5.74, 6) is 0. The topological polar surface area (TPSA) is 62.3 Å². The smallest absolute Gasteiger partial charge is 0.313 e. The molecule has 142 valence electrons. The van der Waals surface area contributed by atoms with Gasteiger partial charge in [0.1, 0.15) is 0 Å². The lowest BCUT2D eigenvalue weighted by atomic mass is 10.1. The Bertz CT molecular complexity index is 830. The van der Waals surface area contributed by atoms with Crippen molar-refractivity contribution in [3.63, 3.8) is 0 Å². The Morgan fingerprint density at radius 2 is 1.85 bits per heavy atom. The minimum atomic E-state index is -4.50. The van der Waals surface area contributed by atoms with Crippen molar-refractivity contribution in [3.8, 4) is 0 Å². The van der Waals surface area contributed by atoms with Crippen molar-refractivity contribution < 1.29 is 21.6 Å². The molecule has 2 aromatic rings. The van der Waals surface area contributed by atoms with Gasteiger partial charge in [-0.05, 0) is 35.9 Å². The monoisotopic (exact) mass is 407 g/mol. The normalized spacial score (nSPS) is 19.0. The zero-order valence-electron chi connectivity index (χ0n) is 13.5. The molecule has 1 aromatic carbocycles. The van der Waals surface area contributed by atoms with Crippen LogP contribution in [0.1, 0.15) is 17.2 Å². The highest BCUT2D eigenvalue weighted by Gasteiger charge is 2.35. The molecule has 1 N–H and O–H groups in total. The summed E-state index contributed by atoms with van der Waals surface area (Å²) in [4.78, 5) is 3.86. The highest BCUT2D eigenvalue weighted by atomic mass is 35.5. The van der Waals surface area contributed by atoms with Crippen molar-refractivity contribution >= 4 is 22.4 Å². The van der Waals surface area contributed by atoms with Crippen molar-refractivity contribution in [3.05, 3.63) is 59.9 Å². The highest BCUT2D eigenvalue weighted by molar-refractivity contribution is 7.89. The molecule has 10 heteroatoms. The summed E-state index contributed by atoms with van der Waals surface area (Å²) in [7, 11) is -3.92. The number of rotatable bonds is 3. The second-order valence-electron chi connectivity index (χ2n) is 5.64. The number of piperazine rings is 1. The Balaban J connectivity index is 0.00000243. The van der Waals surface area contributed by atoms with E-state index in [0.717, 1.165) is 29.8 Å². The Kier molecular flexibility index (Phi) is 6.28. The summed E-state index contributed by atoms with van der Waals surface area (Å²) in [5.41, 5.74) is -0.152. The van der Waals surface area contributed by atoms with E-state index in [4.69, 9.17) is 0 Å². The van der Waals surface area contributed by atoms with Gasteiger partial charge in [-0.3, -0.25) is 4.98 Å². The van der Waals surface area contributed by atoms with Crippen LogP contribution in [0.5, 0.6) is 0 Å². The molecule has 26 heavy (non-hydrogen) atoms. The number of benzene rings is 1. The van der Waals surface area contributed by atoms with Crippen LogP contribution >= 0.6 is 12.4 Å². The zero-order chi connectivity index (χ0) is 18.1. The van der Waals surface area contributed by atoms with E-state index in [0.29, 0.717) is 13.1 Å². The lowest BCUT2D eigenvalue weighted by molar-refractivity contribution is -0.137. The fraction of sp³-hybridized carbons (Fsp3) is 0.312. The lowest BCUT2D eigenvalue weighted by Gasteiger charge is -2.35. The van der Waals surface area contributed by atoms with Crippen LogP contribution in [0.2, 0.25) is 0 Å². The lowest BCUT2D eigenvalue weighted by Crippen LogP contribution is -2.48. The summed E-state index contributed by atoms with van der Waals surface area (Å²) in [6.45, 7) is 1.10. The average Bonchev–Trinajstić information content (AvgIpc) is 2.62. The third-order valence-electron chi connectivity index (χ3n) is 4.05. The zero-order valence-corrected chi connectivity index (χ0v) is 15.1. The molecule has 1 aliphatic heterocycles. The molecule has 3 rings (SSSR count). The summed E-state index contributed by atoms with van der Waals surface area (Å²) in [5, 5.41) is 3.13. The summed E-state index contributed by atoms with van der Waals surface area (Å²) >= 11 is 0. The van der Waals surface area contributed by atoms with E-state index < -0.39 is 27.8 Å². The first-order valence-electron chi connectivity index (χ1n) is 7.60. The predicted molar refractivity (Wildman–Crippen MR) is 92.4 cm³/mol. The molecule has 1 fully saturated rings. The minimum Gasteiger partial charge on any atom is -0.313 e. The number of halogens is 4. The van der Waals surface area contributed by atoms with Crippen LogP contribution in [-0.2, 0) is 16.2 Å². The van der Waals surface area contributed by atoms with E-state index in [-0.39, 0.29) is 23.8 Å². The number of pyridine rings is 1. The number of hydrogen-bond acceptors (Lipinski definition) is 4. The Hall–Kier alpha value is -1.68. The van der Waals surface area contributed by atoms with E-state index in [1.54, 1.807) is 24.5 Å². The third-order valence-corrected chi connectivity index (χ3v) is 5.97. The van der Waals surface area contributed by atoms with E-state index in [9.17, 15) is 21.6 Å². The first-order chi connectivity index (χ1) is 11.8. The molecule has 2 heterocycles. The van der Waals surface area contributed by atoms with Crippen LogP contribution in [0.25, 0.3) is 0 Å². The molecule has 0 aliphatic carbocycles. The molecule has 5 nitrogen and oxygen atoms in total. The van der Waals surface area contributed by atoms with Crippen LogP contribution in [0.15, 0.2) is 53.7 Å². The summed E-state index contributed by atoms with van der Waals surface area (Å²) in [6, 6.07) is 6.60. The van der Waals surface area contributed by atoms with Crippen molar-refractivity contribution in [2.24, 2.45) is 0 Å². The fourth-order valence-electron chi connectivity index (χ4n) is 2.78. The van der Waals surface area contributed by atoms with Gasteiger partial charge in [0.2, 0.25) is 10.0 Å². The summed E-state index contributed by atoms with van der Waals surface area (Å²) < 4.78 is 65.2. The molecule has 0 amide bonds. The molecular weight excluding hydrogens is 391 g/mol. The summed E-state index contributed by atoms with van der Waals surface area (Å²) in [6.07, 6.45) is -1.32. The molecule has 1 saturated heterocycles. The fourth-order valence-corrected chi connectivity index (χ4v) is 4.40. The predicted octanol–water partition coefficient (Wildman–Crippen LogP) is 2.86. The number of alkyl halides is 3. The van der Waals surface area contributed by atoms with Gasteiger partial charge in [0, 0.05) is 32.0 Å². The third kappa shape index (κ3) is 4.17. The van der Waals surface area contributed by atoms with Crippen LogP contribution in [0, 0.1) is 0 Å². The molecule has 0 spiro atoms. The molecule has 0 radical (unpaired) electrons. The van der Waals surface area contributed by atoms with E-state index in [1.807, 2.05) is 0 Å². The van der Waals surface area contributed by atoms with E-state index in [1.165, 1.54) is 4.31 Å². The van der Waals surface area contributed by atoms with Gasteiger partial charge in [-0.1, -0.05) is 6.07 Å². The first kappa shape index (κ1) is 20.6. The first-order valence-corrected chi connectivity index (χ1v) is 9.04. The number of hydrogen-bond donors (Lipinski definition) is 1. The van der Waals surface area contributed by atoms with Gasteiger partial charge in [-0.25, -0.2) is 8.42 Å². The Morgan fingerprint density at radius 1 is 1.15 bits per heavy atom. The van der Waals surface area contributed by atoms with E-state index >= 15 is 0 Å². The van der Waals surface area contributed by atoms with Crippen LogP contribution in [0.3, 0.4) is 0 Å². The average molecular weight is 408 g/mol.